The lowest BCUT2D eigenvalue weighted by Gasteiger charge is -2.32. The van der Waals surface area contributed by atoms with Gasteiger partial charge in [0.05, 0.1) is 23.8 Å². The number of hydrogen-bond acceptors (Lipinski definition) is 6. The van der Waals surface area contributed by atoms with Crippen LogP contribution in [0.5, 0.6) is 5.75 Å². The minimum absolute atomic E-state index is 0.121. The Morgan fingerprint density at radius 2 is 2.03 bits per heavy atom. The molecule has 0 unspecified atom stereocenters. The highest BCUT2D eigenvalue weighted by Crippen LogP contribution is 2.25. The highest BCUT2D eigenvalue weighted by Gasteiger charge is 2.20. The third kappa shape index (κ3) is 4.62. The second-order valence-corrected chi connectivity index (χ2v) is 8.48. The molecule has 0 amide bonds. The first-order chi connectivity index (χ1) is 15.8. The van der Waals surface area contributed by atoms with Gasteiger partial charge in [-0.25, -0.2) is 4.98 Å². The minimum atomic E-state index is -0.121. The van der Waals surface area contributed by atoms with Crippen molar-refractivity contribution in [3.63, 3.8) is 0 Å². The van der Waals surface area contributed by atoms with Gasteiger partial charge in [-0.3, -0.25) is 4.79 Å². The molecule has 7 nitrogen and oxygen atoms in total. The molecule has 3 heterocycles. The van der Waals surface area contributed by atoms with E-state index in [2.05, 4.69) is 55.8 Å². The number of para-hydroxylation sites is 1. The molecule has 0 bridgehead atoms. The molecule has 2 aromatic carbocycles. The SMILES string of the molecule is O=c1[nH]cnc2cc(OCC3CCN(CCNC4=CCNc5ccccc54)CC3)ccc12. The van der Waals surface area contributed by atoms with E-state index in [4.69, 9.17) is 4.74 Å². The third-order valence-corrected chi connectivity index (χ3v) is 6.37. The average Bonchev–Trinajstić information content (AvgIpc) is 2.84. The molecule has 1 saturated heterocycles. The predicted octanol–water partition coefficient (Wildman–Crippen LogP) is 3.07. The van der Waals surface area contributed by atoms with E-state index in [1.807, 2.05) is 12.1 Å². The van der Waals surface area contributed by atoms with Crippen LogP contribution in [0.2, 0.25) is 0 Å². The number of hydrogen-bond donors (Lipinski definition) is 3. The van der Waals surface area contributed by atoms with Gasteiger partial charge in [0.1, 0.15) is 5.75 Å². The number of aromatic amines is 1. The number of anilines is 1. The molecule has 3 aromatic rings. The molecule has 32 heavy (non-hydrogen) atoms. The van der Waals surface area contributed by atoms with E-state index < -0.39 is 0 Å². The van der Waals surface area contributed by atoms with Crippen molar-refractivity contribution in [2.24, 2.45) is 5.92 Å². The molecule has 7 heteroatoms. The van der Waals surface area contributed by atoms with Crippen molar-refractivity contribution in [1.82, 2.24) is 20.2 Å². The van der Waals surface area contributed by atoms with Crippen LogP contribution >= 0.6 is 0 Å². The number of nitrogens with one attached hydrogen (secondary N) is 3. The number of rotatable bonds is 7. The molecule has 2 aliphatic rings. The quantitative estimate of drug-likeness (QED) is 0.533. The largest absolute Gasteiger partial charge is 0.493 e. The van der Waals surface area contributed by atoms with Crippen molar-refractivity contribution in [2.75, 3.05) is 44.6 Å². The second-order valence-electron chi connectivity index (χ2n) is 8.48. The van der Waals surface area contributed by atoms with Crippen molar-refractivity contribution in [3.05, 3.63) is 70.8 Å². The van der Waals surface area contributed by atoms with E-state index >= 15 is 0 Å². The fourth-order valence-electron chi connectivity index (χ4n) is 4.49. The van der Waals surface area contributed by atoms with Gasteiger partial charge in [0.25, 0.3) is 5.56 Å². The number of H-pyrrole nitrogens is 1. The summed E-state index contributed by atoms with van der Waals surface area (Å²) >= 11 is 0. The molecule has 0 atom stereocenters. The van der Waals surface area contributed by atoms with Crippen LogP contribution in [-0.4, -0.2) is 54.2 Å². The lowest BCUT2D eigenvalue weighted by Crippen LogP contribution is -2.39. The summed E-state index contributed by atoms with van der Waals surface area (Å²) in [5.41, 5.74) is 4.23. The standard InChI is InChI=1S/C25H29N5O2/c31-25-21-6-5-19(15-24(21)28-17-29-25)32-16-18-8-12-30(13-9-18)14-11-27-23-7-10-26-22-4-2-1-3-20(22)23/h1-7,15,17-18,26-27H,8-14,16H2,(H,28,29,31). The van der Waals surface area contributed by atoms with E-state index in [0.717, 1.165) is 51.3 Å². The Labute approximate surface area is 187 Å². The zero-order valence-electron chi connectivity index (χ0n) is 18.1. The Morgan fingerprint density at radius 1 is 1.16 bits per heavy atom. The number of ether oxygens (including phenoxy) is 1. The van der Waals surface area contributed by atoms with E-state index in [1.165, 1.54) is 23.3 Å². The maximum Gasteiger partial charge on any atom is 0.258 e. The molecule has 2 aliphatic heterocycles. The first kappa shape index (κ1) is 20.6. The van der Waals surface area contributed by atoms with Crippen LogP contribution in [0.15, 0.2) is 59.7 Å². The summed E-state index contributed by atoms with van der Waals surface area (Å²) < 4.78 is 6.03. The minimum Gasteiger partial charge on any atom is -0.493 e. The van der Waals surface area contributed by atoms with Gasteiger partial charge < -0.3 is 25.3 Å². The highest BCUT2D eigenvalue weighted by molar-refractivity contribution is 5.79. The summed E-state index contributed by atoms with van der Waals surface area (Å²) in [4.78, 5) is 21.1. The number of piperidine rings is 1. The molecular formula is C25H29N5O2. The van der Waals surface area contributed by atoms with E-state index in [9.17, 15) is 4.79 Å². The van der Waals surface area contributed by atoms with E-state index in [0.29, 0.717) is 23.4 Å². The fourth-order valence-corrected chi connectivity index (χ4v) is 4.49. The van der Waals surface area contributed by atoms with Gasteiger partial charge in [-0.1, -0.05) is 18.2 Å². The molecule has 0 aliphatic carbocycles. The maximum atomic E-state index is 11.8. The number of nitrogens with zero attached hydrogens (tertiary/aromatic N) is 2. The van der Waals surface area contributed by atoms with Crippen LogP contribution in [0.3, 0.4) is 0 Å². The Hall–Kier alpha value is -3.32. The van der Waals surface area contributed by atoms with E-state index in [-0.39, 0.29) is 5.56 Å². The second kappa shape index (κ2) is 9.44. The van der Waals surface area contributed by atoms with Crippen LogP contribution in [0.4, 0.5) is 5.69 Å². The normalized spacial score (nSPS) is 16.8. The van der Waals surface area contributed by atoms with Gasteiger partial charge in [0, 0.05) is 42.6 Å². The fraction of sp³-hybridized carbons (Fsp3) is 0.360. The van der Waals surface area contributed by atoms with Crippen molar-refractivity contribution < 1.29 is 4.74 Å². The number of aromatic nitrogens is 2. The Kier molecular flexibility index (Phi) is 6.07. The maximum absolute atomic E-state index is 11.8. The topological polar surface area (TPSA) is 82.3 Å². The Morgan fingerprint density at radius 3 is 2.94 bits per heavy atom. The summed E-state index contributed by atoms with van der Waals surface area (Å²) in [6.45, 7) is 5.77. The summed E-state index contributed by atoms with van der Waals surface area (Å²) in [6.07, 6.45) is 5.94. The molecule has 0 radical (unpaired) electrons. The van der Waals surface area contributed by atoms with Crippen LogP contribution in [-0.2, 0) is 0 Å². The molecular weight excluding hydrogens is 402 g/mol. The Balaban J connectivity index is 1.05. The Bertz CT molecular complexity index is 1160. The number of fused-ring (bicyclic) bond motifs is 2. The highest BCUT2D eigenvalue weighted by atomic mass is 16.5. The third-order valence-electron chi connectivity index (χ3n) is 6.37. The average molecular weight is 432 g/mol. The molecule has 1 fully saturated rings. The summed E-state index contributed by atoms with van der Waals surface area (Å²) in [6, 6.07) is 13.9. The number of likely N-dealkylation sites (tertiary alicyclic amines) is 1. The zero-order chi connectivity index (χ0) is 21.8. The van der Waals surface area contributed by atoms with Crippen molar-refractivity contribution in [3.8, 4) is 5.75 Å². The van der Waals surface area contributed by atoms with Crippen molar-refractivity contribution >= 4 is 22.3 Å². The molecule has 5 rings (SSSR count). The molecule has 0 spiro atoms. The van der Waals surface area contributed by atoms with Gasteiger partial charge in [0.2, 0.25) is 0 Å². The summed E-state index contributed by atoms with van der Waals surface area (Å²) in [7, 11) is 0. The van der Waals surface area contributed by atoms with Crippen LogP contribution in [0.1, 0.15) is 18.4 Å². The van der Waals surface area contributed by atoms with E-state index in [1.54, 1.807) is 6.07 Å². The molecule has 3 N–H and O–H groups in total. The predicted molar refractivity (Wildman–Crippen MR) is 128 cm³/mol. The van der Waals surface area contributed by atoms with Gasteiger partial charge in [-0.05, 0) is 56.1 Å². The van der Waals surface area contributed by atoms with Crippen molar-refractivity contribution in [1.29, 1.82) is 0 Å². The lowest BCUT2D eigenvalue weighted by atomic mass is 9.98. The van der Waals surface area contributed by atoms with Crippen LogP contribution < -0.4 is 20.9 Å². The zero-order valence-corrected chi connectivity index (χ0v) is 18.1. The van der Waals surface area contributed by atoms with Gasteiger partial charge >= 0.3 is 0 Å². The first-order valence-electron chi connectivity index (χ1n) is 11.4. The van der Waals surface area contributed by atoms with Crippen LogP contribution in [0, 0.1) is 5.92 Å². The summed E-state index contributed by atoms with van der Waals surface area (Å²) in [5.74, 6) is 1.33. The van der Waals surface area contributed by atoms with Crippen LogP contribution in [0.25, 0.3) is 16.6 Å². The van der Waals surface area contributed by atoms with Gasteiger partial charge in [-0.15, -0.1) is 0 Å². The molecule has 166 valence electrons. The number of benzene rings is 2. The monoisotopic (exact) mass is 431 g/mol. The van der Waals surface area contributed by atoms with Crippen molar-refractivity contribution in [2.45, 2.75) is 12.8 Å². The molecule has 0 saturated carbocycles. The molecule has 1 aromatic heterocycles. The van der Waals surface area contributed by atoms with Gasteiger partial charge in [-0.2, -0.15) is 0 Å². The summed E-state index contributed by atoms with van der Waals surface area (Å²) in [5, 5.41) is 7.63. The smallest absolute Gasteiger partial charge is 0.258 e. The lowest BCUT2D eigenvalue weighted by molar-refractivity contribution is 0.143. The van der Waals surface area contributed by atoms with Gasteiger partial charge in [0.15, 0.2) is 0 Å². The first-order valence-corrected chi connectivity index (χ1v) is 11.4.